The summed E-state index contributed by atoms with van der Waals surface area (Å²) in [6.45, 7) is 1.94. The highest BCUT2D eigenvalue weighted by atomic mass is 79.9. The Morgan fingerprint density at radius 1 is 1.47 bits per heavy atom. The van der Waals surface area contributed by atoms with Gasteiger partial charge in [-0.25, -0.2) is 0 Å². The lowest BCUT2D eigenvalue weighted by molar-refractivity contribution is 0.718. The molecule has 0 amide bonds. The lowest BCUT2D eigenvalue weighted by Gasteiger charge is -1.98. The van der Waals surface area contributed by atoms with Crippen molar-refractivity contribution in [3.05, 3.63) is 35.1 Å². The van der Waals surface area contributed by atoms with Crippen LogP contribution < -0.4 is 0 Å². The van der Waals surface area contributed by atoms with Crippen LogP contribution >= 0.6 is 27.5 Å². The molecule has 6 heteroatoms. The van der Waals surface area contributed by atoms with E-state index in [0.717, 1.165) is 5.69 Å². The highest BCUT2D eigenvalue weighted by Gasteiger charge is 2.09. The maximum Gasteiger partial charge on any atom is 0.188 e. The van der Waals surface area contributed by atoms with Crippen LogP contribution in [0.3, 0.4) is 0 Å². The Hall–Kier alpha value is -0.940. The minimum atomic E-state index is 0.0884. The summed E-state index contributed by atoms with van der Waals surface area (Å²) < 4.78 is 0. The molecule has 15 heavy (non-hydrogen) atoms. The van der Waals surface area contributed by atoms with Gasteiger partial charge in [-0.3, -0.25) is 0 Å². The van der Waals surface area contributed by atoms with Gasteiger partial charge < -0.3 is 0 Å². The normalized spacial score (nSPS) is 12.7. The van der Waals surface area contributed by atoms with Crippen molar-refractivity contribution in [1.82, 2.24) is 20.2 Å². The van der Waals surface area contributed by atoms with Crippen molar-refractivity contribution >= 4 is 27.5 Å². The molecule has 0 aliphatic carbocycles. The van der Waals surface area contributed by atoms with Gasteiger partial charge in [-0.1, -0.05) is 33.6 Å². The molecule has 0 fully saturated rings. The molecule has 1 aromatic heterocycles. The van der Waals surface area contributed by atoms with Gasteiger partial charge in [0.2, 0.25) is 0 Å². The number of rotatable bonds is 2. The second-order valence-corrected chi connectivity index (χ2v) is 4.84. The first-order valence-electron chi connectivity index (χ1n) is 4.37. The second-order valence-electron chi connectivity index (χ2n) is 3.03. The average Bonchev–Trinajstić information content (AvgIpc) is 2.66. The van der Waals surface area contributed by atoms with Crippen LogP contribution in [0.15, 0.2) is 24.3 Å². The smallest absolute Gasteiger partial charge is 0.131 e. The van der Waals surface area contributed by atoms with Crippen LogP contribution in [-0.4, -0.2) is 20.2 Å². The number of hydrogen-bond acceptors (Lipinski definition) is 3. The van der Waals surface area contributed by atoms with E-state index in [1.807, 2.05) is 19.1 Å². The maximum absolute atomic E-state index is 5.87. The molecule has 0 saturated carbocycles. The molecule has 0 spiro atoms. The topological polar surface area (TPSA) is 43.6 Å². The van der Waals surface area contributed by atoms with Gasteiger partial charge in [0, 0.05) is 5.02 Å². The highest BCUT2D eigenvalue weighted by Crippen LogP contribution is 2.17. The molecule has 1 aromatic carbocycles. The Morgan fingerprint density at radius 2 is 2.27 bits per heavy atom. The molecule has 2 aromatic rings. The van der Waals surface area contributed by atoms with Crippen LogP contribution in [0.4, 0.5) is 0 Å². The van der Waals surface area contributed by atoms with Crippen LogP contribution in [0, 0.1) is 0 Å². The Kier molecular flexibility index (Phi) is 3.02. The summed E-state index contributed by atoms with van der Waals surface area (Å²) in [6, 6.07) is 7.30. The minimum Gasteiger partial charge on any atom is -0.131 e. The Labute approximate surface area is 100 Å². The van der Waals surface area contributed by atoms with Gasteiger partial charge in [0.1, 0.15) is 0 Å². The van der Waals surface area contributed by atoms with E-state index in [-0.39, 0.29) is 4.83 Å². The Balaban J connectivity index is 2.37. The van der Waals surface area contributed by atoms with Gasteiger partial charge in [0.25, 0.3) is 0 Å². The number of aromatic nitrogens is 4. The Bertz CT molecular complexity index is 469. The van der Waals surface area contributed by atoms with E-state index in [2.05, 4.69) is 31.3 Å². The largest absolute Gasteiger partial charge is 0.188 e. The predicted molar refractivity (Wildman–Crippen MR) is 61.5 cm³/mol. The number of nitrogens with zero attached hydrogens (tertiary/aromatic N) is 4. The van der Waals surface area contributed by atoms with Crippen molar-refractivity contribution in [3.8, 4) is 5.69 Å². The first-order chi connectivity index (χ1) is 7.16. The molecule has 1 unspecified atom stereocenters. The standard InChI is InChI=1S/C9H8BrClN4/c1-6(10)9-12-14-15(13-9)8-4-2-3-7(11)5-8/h2-6H,1H3. The summed E-state index contributed by atoms with van der Waals surface area (Å²) in [7, 11) is 0. The fraction of sp³-hybridized carbons (Fsp3) is 0.222. The van der Waals surface area contributed by atoms with Crippen molar-refractivity contribution < 1.29 is 0 Å². The van der Waals surface area contributed by atoms with Crippen molar-refractivity contribution in [1.29, 1.82) is 0 Å². The number of alkyl halides is 1. The summed E-state index contributed by atoms with van der Waals surface area (Å²) in [5.74, 6) is 0.648. The zero-order valence-electron chi connectivity index (χ0n) is 7.93. The summed E-state index contributed by atoms with van der Waals surface area (Å²) in [6.07, 6.45) is 0. The van der Waals surface area contributed by atoms with E-state index in [1.54, 1.807) is 12.1 Å². The molecule has 0 radical (unpaired) electrons. The van der Waals surface area contributed by atoms with Crippen LogP contribution in [0.1, 0.15) is 17.6 Å². The maximum atomic E-state index is 5.87. The van der Waals surface area contributed by atoms with Gasteiger partial charge in [-0.15, -0.1) is 15.0 Å². The third-order valence-electron chi connectivity index (χ3n) is 1.82. The first-order valence-corrected chi connectivity index (χ1v) is 5.66. The second kappa shape index (κ2) is 4.28. The summed E-state index contributed by atoms with van der Waals surface area (Å²) in [4.78, 5) is 1.55. The number of hydrogen-bond donors (Lipinski definition) is 0. The molecular weight excluding hydrogens is 279 g/mol. The average molecular weight is 288 g/mol. The van der Waals surface area contributed by atoms with Crippen LogP contribution in [0.2, 0.25) is 5.02 Å². The predicted octanol–water partition coefficient (Wildman–Crippen LogP) is 2.77. The van der Waals surface area contributed by atoms with E-state index >= 15 is 0 Å². The van der Waals surface area contributed by atoms with Crippen molar-refractivity contribution in [3.63, 3.8) is 0 Å². The van der Waals surface area contributed by atoms with E-state index in [4.69, 9.17) is 11.6 Å². The quantitative estimate of drug-likeness (QED) is 0.798. The van der Waals surface area contributed by atoms with Crippen molar-refractivity contribution in [2.45, 2.75) is 11.8 Å². The molecule has 0 saturated heterocycles. The van der Waals surface area contributed by atoms with E-state index in [9.17, 15) is 0 Å². The lowest BCUT2D eigenvalue weighted by Crippen LogP contribution is -1.99. The summed E-state index contributed by atoms with van der Waals surface area (Å²) >= 11 is 9.24. The molecule has 2 rings (SSSR count). The van der Waals surface area contributed by atoms with E-state index in [0.29, 0.717) is 10.8 Å². The van der Waals surface area contributed by atoms with Crippen LogP contribution in [0.25, 0.3) is 5.69 Å². The fourth-order valence-corrected chi connectivity index (χ4v) is 1.46. The highest BCUT2D eigenvalue weighted by molar-refractivity contribution is 9.09. The van der Waals surface area contributed by atoms with Crippen LogP contribution in [0.5, 0.6) is 0 Å². The van der Waals surface area contributed by atoms with E-state index < -0.39 is 0 Å². The van der Waals surface area contributed by atoms with Gasteiger partial charge in [-0.05, 0) is 30.3 Å². The van der Waals surface area contributed by atoms with Crippen molar-refractivity contribution in [2.75, 3.05) is 0 Å². The van der Waals surface area contributed by atoms with Crippen molar-refractivity contribution in [2.24, 2.45) is 0 Å². The first kappa shape index (κ1) is 10.6. The third-order valence-corrected chi connectivity index (χ3v) is 2.47. The van der Waals surface area contributed by atoms with E-state index in [1.165, 1.54) is 4.80 Å². The van der Waals surface area contributed by atoms with Gasteiger partial charge >= 0.3 is 0 Å². The summed E-state index contributed by atoms with van der Waals surface area (Å²) in [5, 5.41) is 12.7. The lowest BCUT2D eigenvalue weighted by atomic mass is 10.3. The molecule has 0 aliphatic rings. The number of halogens is 2. The Morgan fingerprint density at radius 3 is 2.87 bits per heavy atom. The molecular formula is C9H8BrClN4. The van der Waals surface area contributed by atoms with Gasteiger partial charge in [0.15, 0.2) is 5.82 Å². The number of benzene rings is 1. The molecule has 78 valence electrons. The third kappa shape index (κ3) is 2.35. The molecule has 0 N–H and O–H groups in total. The molecule has 1 atom stereocenters. The van der Waals surface area contributed by atoms with Crippen LogP contribution in [-0.2, 0) is 0 Å². The van der Waals surface area contributed by atoms with Gasteiger partial charge in [0.05, 0.1) is 10.5 Å². The van der Waals surface area contributed by atoms with Gasteiger partial charge in [-0.2, -0.15) is 0 Å². The SMILES string of the molecule is CC(Br)c1nnn(-c2cccc(Cl)c2)n1. The number of tetrazole rings is 1. The molecule has 0 bridgehead atoms. The minimum absolute atomic E-state index is 0.0884. The fourth-order valence-electron chi connectivity index (χ4n) is 1.09. The zero-order chi connectivity index (χ0) is 10.8. The summed E-state index contributed by atoms with van der Waals surface area (Å²) in [5.41, 5.74) is 0.800. The molecule has 0 aliphatic heterocycles. The molecule has 4 nitrogen and oxygen atoms in total. The monoisotopic (exact) mass is 286 g/mol. The zero-order valence-corrected chi connectivity index (χ0v) is 10.3. The molecule has 1 heterocycles.